The number of amides is 1. The molecule has 0 aromatic carbocycles. The summed E-state index contributed by atoms with van der Waals surface area (Å²) in [6.07, 6.45) is 3.64. The van der Waals surface area contributed by atoms with Crippen LogP contribution in [0.5, 0.6) is 0 Å². The molecule has 1 fully saturated rings. The molecule has 1 amide bonds. The molecule has 0 N–H and O–H groups in total. The van der Waals surface area contributed by atoms with Crippen molar-refractivity contribution >= 4 is 11.7 Å². The summed E-state index contributed by atoms with van der Waals surface area (Å²) in [7, 11) is 0. The van der Waals surface area contributed by atoms with Crippen LogP contribution in [0.3, 0.4) is 0 Å². The molecule has 0 aromatic heterocycles. The summed E-state index contributed by atoms with van der Waals surface area (Å²) in [6, 6.07) is 0. The van der Waals surface area contributed by atoms with Crippen LogP contribution in [0.2, 0.25) is 0 Å². The lowest BCUT2D eigenvalue weighted by Gasteiger charge is -2.28. The average molecular weight is 209 g/mol. The second-order valence-corrected chi connectivity index (χ2v) is 3.98. The molecule has 2 aliphatic rings. The van der Waals surface area contributed by atoms with Gasteiger partial charge in [-0.25, -0.2) is 0 Å². The first-order chi connectivity index (χ1) is 7.25. The highest BCUT2D eigenvalue weighted by atomic mass is 16.5. The maximum atomic E-state index is 11.5. The van der Waals surface area contributed by atoms with Gasteiger partial charge in [0.05, 0.1) is 19.6 Å². The van der Waals surface area contributed by atoms with E-state index in [2.05, 4.69) is 6.08 Å². The van der Waals surface area contributed by atoms with Crippen molar-refractivity contribution in [1.82, 2.24) is 4.90 Å². The molecule has 82 valence electrons. The van der Waals surface area contributed by atoms with E-state index >= 15 is 0 Å². The lowest BCUT2D eigenvalue weighted by atomic mass is 10.1. The molecular formula is C11H15NO3. The Morgan fingerprint density at radius 3 is 2.93 bits per heavy atom. The van der Waals surface area contributed by atoms with Gasteiger partial charge in [-0.2, -0.15) is 0 Å². The number of rotatable bonds is 2. The fraction of sp³-hybridized carbons (Fsp3) is 0.636. The number of ketones is 1. The van der Waals surface area contributed by atoms with Gasteiger partial charge in [-0.05, 0) is 12.0 Å². The zero-order chi connectivity index (χ0) is 10.7. The number of nitrogens with zero attached hydrogens (tertiary/aromatic N) is 1. The smallest absolute Gasteiger partial charge is 0.230 e. The fourth-order valence-electron chi connectivity index (χ4n) is 1.88. The highest BCUT2D eigenvalue weighted by Crippen LogP contribution is 2.12. The maximum absolute atomic E-state index is 11.5. The molecule has 2 rings (SSSR count). The molecule has 0 spiro atoms. The summed E-state index contributed by atoms with van der Waals surface area (Å²) < 4.78 is 5.31. The third-order valence-electron chi connectivity index (χ3n) is 2.74. The predicted molar refractivity (Wildman–Crippen MR) is 54.3 cm³/mol. The molecule has 4 heteroatoms. The largest absolute Gasteiger partial charge is 0.377 e. The molecule has 4 nitrogen and oxygen atoms in total. The van der Waals surface area contributed by atoms with Crippen molar-refractivity contribution < 1.29 is 14.3 Å². The first-order valence-corrected chi connectivity index (χ1v) is 5.31. The van der Waals surface area contributed by atoms with E-state index in [1.165, 1.54) is 0 Å². The van der Waals surface area contributed by atoms with Crippen molar-refractivity contribution in [2.75, 3.05) is 26.3 Å². The third-order valence-corrected chi connectivity index (χ3v) is 2.74. The zero-order valence-corrected chi connectivity index (χ0v) is 8.70. The Kier molecular flexibility index (Phi) is 3.16. The van der Waals surface area contributed by atoms with Crippen molar-refractivity contribution in [3.8, 4) is 0 Å². The van der Waals surface area contributed by atoms with E-state index in [-0.39, 0.29) is 18.1 Å². The molecule has 0 atom stereocenters. The Bertz CT molecular complexity index is 309. The quantitative estimate of drug-likeness (QED) is 0.492. The summed E-state index contributed by atoms with van der Waals surface area (Å²) in [6.45, 7) is 2.59. The Morgan fingerprint density at radius 2 is 2.27 bits per heavy atom. The highest BCUT2D eigenvalue weighted by molar-refractivity contribution is 6.00. The van der Waals surface area contributed by atoms with Crippen molar-refractivity contribution in [3.05, 3.63) is 11.6 Å². The Labute approximate surface area is 88.9 Å². The van der Waals surface area contributed by atoms with Crippen LogP contribution in [0.1, 0.15) is 19.3 Å². The summed E-state index contributed by atoms with van der Waals surface area (Å²) in [5, 5.41) is 0. The molecule has 0 aromatic rings. The van der Waals surface area contributed by atoms with Crippen LogP contribution in [0.4, 0.5) is 0 Å². The molecule has 0 saturated carbocycles. The number of hydrogen-bond acceptors (Lipinski definition) is 3. The summed E-state index contributed by atoms with van der Waals surface area (Å²) in [5.41, 5.74) is 1.16. The molecule has 0 unspecified atom stereocenters. The third kappa shape index (κ3) is 2.65. The van der Waals surface area contributed by atoms with Gasteiger partial charge in [0, 0.05) is 19.5 Å². The van der Waals surface area contributed by atoms with Crippen LogP contribution in [0.15, 0.2) is 11.6 Å². The minimum atomic E-state index is -0.0438. The van der Waals surface area contributed by atoms with Gasteiger partial charge < -0.3 is 9.64 Å². The van der Waals surface area contributed by atoms with Crippen LogP contribution >= 0.6 is 0 Å². The Balaban J connectivity index is 1.91. The van der Waals surface area contributed by atoms with Crippen molar-refractivity contribution in [2.45, 2.75) is 19.3 Å². The lowest BCUT2D eigenvalue weighted by molar-refractivity contribution is -0.139. The van der Waals surface area contributed by atoms with E-state index in [4.69, 9.17) is 4.74 Å². The first kappa shape index (κ1) is 10.4. The molecule has 0 bridgehead atoms. The van der Waals surface area contributed by atoms with E-state index in [0.717, 1.165) is 18.6 Å². The average Bonchev–Trinajstić information content (AvgIpc) is 2.24. The fourth-order valence-corrected chi connectivity index (χ4v) is 1.88. The Morgan fingerprint density at radius 1 is 1.40 bits per heavy atom. The van der Waals surface area contributed by atoms with Crippen molar-refractivity contribution in [2.24, 2.45) is 0 Å². The maximum Gasteiger partial charge on any atom is 0.230 e. The number of carbonyl (C=O) groups excluding carboxylic acids is 2. The SMILES string of the molecule is O=C1CCN(CC2=CCCOC2)C(=O)C1. The van der Waals surface area contributed by atoms with Crippen LogP contribution in [0.25, 0.3) is 0 Å². The number of piperidine rings is 1. The van der Waals surface area contributed by atoms with Crippen LogP contribution in [0, 0.1) is 0 Å². The molecule has 2 heterocycles. The van der Waals surface area contributed by atoms with Gasteiger partial charge in [-0.3, -0.25) is 9.59 Å². The highest BCUT2D eigenvalue weighted by Gasteiger charge is 2.24. The number of carbonyl (C=O) groups is 2. The molecule has 1 saturated heterocycles. The second kappa shape index (κ2) is 4.57. The van der Waals surface area contributed by atoms with Crippen molar-refractivity contribution in [3.63, 3.8) is 0 Å². The van der Waals surface area contributed by atoms with Gasteiger partial charge in [0.15, 0.2) is 0 Å². The zero-order valence-electron chi connectivity index (χ0n) is 8.70. The van der Waals surface area contributed by atoms with Gasteiger partial charge in [0.25, 0.3) is 0 Å². The number of Topliss-reactive ketones (excluding diaryl/α,β-unsaturated/α-hetero) is 1. The van der Waals surface area contributed by atoms with Gasteiger partial charge in [0.1, 0.15) is 5.78 Å². The van der Waals surface area contributed by atoms with E-state index in [1.54, 1.807) is 4.90 Å². The molecule has 2 aliphatic heterocycles. The van der Waals surface area contributed by atoms with Gasteiger partial charge in [0.2, 0.25) is 5.91 Å². The van der Waals surface area contributed by atoms with E-state index in [0.29, 0.717) is 26.1 Å². The number of ether oxygens (including phenoxy) is 1. The first-order valence-electron chi connectivity index (χ1n) is 5.31. The summed E-state index contributed by atoms with van der Waals surface area (Å²) in [4.78, 5) is 24.3. The van der Waals surface area contributed by atoms with Crippen LogP contribution in [-0.4, -0.2) is 42.9 Å². The molecular weight excluding hydrogens is 194 g/mol. The normalized spacial score (nSPS) is 22.9. The van der Waals surface area contributed by atoms with E-state index < -0.39 is 0 Å². The predicted octanol–water partition coefficient (Wildman–Crippen LogP) is 0.525. The molecule has 15 heavy (non-hydrogen) atoms. The van der Waals surface area contributed by atoms with Crippen LogP contribution in [-0.2, 0) is 14.3 Å². The number of hydrogen-bond donors (Lipinski definition) is 0. The summed E-state index contributed by atoms with van der Waals surface area (Å²) >= 11 is 0. The Hall–Kier alpha value is -1.16. The van der Waals surface area contributed by atoms with Gasteiger partial charge in [-0.15, -0.1) is 0 Å². The summed E-state index contributed by atoms with van der Waals surface area (Å²) in [5.74, 6) is 0.0165. The topological polar surface area (TPSA) is 46.6 Å². The van der Waals surface area contributed by atoms with E-state index in [1.807, 2.05) is 0 Å². The molecule has 0 radical (unpaired) electrons. The lowest BCUT2D eigenvalue weighted by Crippen LogP contribution is -2.40. The van der Waals surface area contributed by atoms with Crippen molar-refractivity contribution in [1.29, 1.82) is 0 Å². The van der Waals surface area contributed by atoms with Crippen LogP contribution < -0.4 is 0 Å². The molecule has 0 aliphatic carbocycles. The second-order valence-electron chi connectivity index (χ2n) is 3.98. The van der Waals surface area contributed by atoms with Gasteiger partial charge in [-0.1, -0.05) is 6.08 Å². The minimum Gasteiger partial charge on any atom is -0.377 e. The standard InChI is InChI=1S/C11H15NO3/c13-10-3-4-12(11(14)6-10)7-9-2-1-5-15-8-9/h2H,1,3-8H2. The minimum absolute atomic E-state index is 0.0438. The van der Waals surface area contributed by atoms with Gasteiger partial charge >= 0.3 is 0 Å². The monoisotopic (exact) mass is 209 g/mol. The van der Waals surface area contributed by atoms with E-state index in [9.17, 15) is 9.59 Å². The number of likely N-dealkylation sites (tertiary alicyclic amines) is 1.